The van der Waals surface area contributed by atoms with Crippen molar-refractivity contribution in [3.05, 3.63) is 21.9 Å². The van der Waals surface area contributed by atoms with E-state index in [2.05, 4.69) is 22.0 Å². The smallest absolute Gasteiger partial charge is 0.240 e. The normalized spacial score (nSPS) is 24.7. The van der Waals surface area contributed by atoms with E-state index < -0.39 is 0 Å². The van der Waals surface area contributed by atoms with Crippen molar-refractivity contribution in [3.8, 4) is 0 Å². The number of nitrogens with zero attached hydrogens (tertiary/aromatic N) is 1. The third-order valence-corrected chi connectivity index (χ3v) is 3.84. The molecule has 2 aliphatic rings. The minimum Gasteiger partial charge on any atom is -0.273 e. The van der Waals surface area contributed by atoms with Gasteiger partial charge >= 0.3 is 0 Å². The standard InChI is InChI=1S/C10H10N2OS/c13-8-5-7-2-1-6-3-4-14-10(6)9(7)12-11-8/h3-4,7H,1-2,5H2,(H,11,13). The van der Waals surface area contributed by atoms with Crippen molar-refractivity contribution in [2.45, 2.75) is 19.3 Å². The van der Waals surface area contributed by atoms with E-state index in [1.807, 2.05) is 0 Å². The SMILES string of the molecule is O=C1CC2CCc3ccsc3C2=NN1. The van der Waals surface area contributed by atoms with Crippen LogP contribution in [-0.2, 0) is 11.2 Å². The Kier molecular flexibility index (Phi) is 1.70. The lowest BCUT2D eigenvalue weighted by Crippen LogP contribution is -2.35. The maximum atomic E-state index is 11.2. The van der Waals surface area contributed by atoms with Gasteiger partial charge in [0.15, 0.2) is 0 Å². The maximum Gasteiger partial charge on any atom is 0.240 e. The van der Waals surface area contributed by atoms with Crippen LogP contribution in [0.1, 0.15) is 23.3 Å². The van der Waals surface area contributed by atoms with Crippen LogP contribution in [0.3, 0.4) is 0 Å². The van der Waals surface area contributed by atoms with E-state index in [1.165, 1.54) is 10.4 Å². The summed E-state index contributed by atoms with van der Waals surface area (Å²) < 4.78 is 0. The van der Waals surface area contributed by atoms with Crippen molar-refractivity contribution >= 4 is 23.0 Å². The van der Waals surface area contributed by atoms with Crippen molar-refractivity contribution in [1.82, 2.24) is 5.43 Å². The zero-order valence-corrected chi connectivity index (χ0v) is 8.43. The third kappa shape index (κ3) is 1.10. The number of carbonyl (C=O) groups excluding carboxylic acids is 1. The van der Waals surface area contributed by atoms with Gasteiger partial charge < -0.3 is 0 Å². The Hall–Kier alpha value is -1.16. The fourth-order valence-electron chi connectivity index (χ4n) is 2.14. The fourth-order valence-corrected chi connectivity index (χ4v) is 3.16. The molecule has 0 saturated carbocycles. The van der Waals surface area contributed by atoms with Gasteiger partial charge in [-0.1, -0.05) is 0 Å². The van der Waals surface area contributed by atoms with Gasteiger partial charge in [-0.3, -0.25) is 4.79 Å². The van der Waals surface area contributed by atoms with Crippen molar-refractivity contribution < 1.29 is 4.79 Å². The summed E-state index contributed by atoms with van der Waals surface area (Å²) in [6.45, 7) is 0. The summed E-state index contributed by atoms with van der Waals surface area (Å²) in [6.07, 6.45) is 2.77. The van der Waals surface area contributed by atoms with E-state index in [9.17, 15) is 4.79 Å². The van der Waals surface area contributed by atoms with Crippen LogP contribution in [0.15, 0.2) is 16.5 Å². The summed E-state index contributed by atoms with van der Waals surface area (Å²) in [5.74, 6) is 0.411. The number of rotatable bonds is 0. The highest BCUT2D eigenvalue weighted by Crippen LogP contribution is 2.32. The first-order valence-corrected chi connectivity index (χ1v) is 5.66. The number of thiophene rings is 1. The molecule has 0 saturated heterocycles. The van der Waals surface area contributed by atoms with Crippen LogP contribution in [0.5, 0.6) is 0 Å². The summed E-state index contributed by atoms with van der Waals surface area (Å²) in [5.41, 5.74) is 5.06. The van der Waals surface area contributed by atoms with Gasteiger partial charge in [0.05, 0.1) is 10.6 Å². The molecular weight excluding hydrogens is 196 g/mol. The van der Waals surface area contributed by atoms with E-state index >= 15 is 0 Å². The van der Waals surface area contributed by atoms with Gasteiger partial charge in [-0.15, -0.1) is 11.3 Å². The van der Waals surface area contributed by atoms with E-state index in [1.54, 1.807) is 11.3 Å². The molecule has 2 heterocycles. The highest BCUT2D eigenvalue weighted by atomic mass is 32.1. The Morgan fingerprint density at radius 2 is 2.50 bits per heavy atom. The molecule has 1 aromatic rings. The van der Waals surface area contributed by atoms with Crippen molar-refractivity contribution in [2.75, 3.05) is 0 Å². The highest BCUT2D eigenvalue weighted by molar-refractivity contribution is 7.12. The molecule has 0 aromatic carbocycles. The van der Waals surface area contributed by atoms with Crippen LogP contribution in [0.25, 0.3) is 0 Å². The molecular formula is C10H10N2OS. The number of hydrazone groups is 1. The molecule has 1 N–H and O–H groups in total. The summed E-state index contributed by atoms with van der Waals surface area (Å²) in [7, 11) is 0. The Labute approximate surface area is 85.8 Å². The second-order valence-electron chi connectivity index (χ2n) is 3.75. The predicted molar refractivity (Wildman–Crippen MR) is 55.4 cm³/mol. The summed E-state index contributed by atoms with van der Waals surface area (Å²) in [4.78, 5) is 12.4. The second kappa shape index (κ2) is 2.92. The molecule has 1 atom stereocenters. The lowest BCUT2D eigenvalue weighted by molar-refractivity contribution is -0.122. The fraction of sp³-hybridized carbons (Fsp3) is 0.400. The first kappa shape index (κ1) is 8.17. The number of amides is 1. The second-order valence-corrected chi connectivity index (χ2v) is 4.66. The Morgan fingerprint density at radius 1 is 1.57 bits per heavy atom. The van der Waals surface area contributed by atoms with Gasteiger partial charge in [-0.25, -0.2) is 5.43 Å². The zero-order valence-electron chi connectivity index (χ0n) is 7.62. The number of nitrogens with one attached hydrogen (secondary N) is 1. The van der Waals surface area contributed by atoms with Gasteiger partial charge in [0.1, 0.15) is 0 Å². The number of hydrogen-bond donors (Lipinski definition) is 1. The first-order valence-electron chi connectivity index (χ1n) is 4.78. The quantitative estimate of drug-likeness (QED) is 0.687. The number of hydrogen-bond acceptors (Lipinski definition) is 3. The highest BCUT2D eigenvalue weighted by Gasteiger charge is 2.31. The molecule has 0 fully saturated rings. The van der Waals surface area contributed by atoms with E-state index in [0.29, 0.717) is 12.3 Å². The number of carbonyl (C=O) groups is 1. The Balaban J connectivity index is 2.08. The first-order chi connectivity index (χ1) is 6.84. The average molecular weight is 206 g/mol. The number of fused-ring (bicyclic) bond motifs is 3. The molecule has 1 aliphatic carbocycles. The topological polar surface area (TPSA) is 41.5 Å². The molecule has 1 aromatic heterocycles. The molecule has 14 heavy (non-hydrogen) atoms. The number of aryl methyl sites for hydroxylation is 1. The van der Waals surface area contributed by atoms with Crippen molar-refractivity contribution in [3.63, 3.8) is 0 Å². The van der Waals surface area contributed by atoms with Crippen LogP contribution < -0.4 is 5.43 Å². The van der Waals surface area contributed by atoms with Crippen LogP contribution in [0.4, 0.5) is 0 Å². The molecule has 72 valence electrons. The Bertz CT molecular complexity index is 422. The summed E-state index contributed by atoms with van der Waals surface area (Å²) in [6, 6.07) is 2.16. The summed E-state index contributed by atoms with van der Waals surface area (Å²) in [5, 5.41) is 6.28. The van der Waals surface area contributed by atoms with Crippen LogP contribution >= 0.6 is 11.3 Å². The lowest BCUT2D eigenvalue weighted by Gasteiger charge is -2.26. The van der Waals surface area contributed by atoms with Crippen molar-refractivity contribution in [1.29, 1.82) is 0 Å². The molecule has 3 rings (SSSR count). The van der Waals surface area contributed by atoms with Gasteiger partial charge in [0.25, 0.3) is 0 Å². The predicted octanol–water partition coefficient (Wildman–Crippen LogP) is 1.53. The zero-order chi connectivity index (χ0) is 9.54. The van der Waals surface area contributed by atoms with Crippen LogP contribution in [-0.4, -0.2) is 11.6 Å². The van der Waals surface area contributed by atoms with Gasteiger partial charge in [-0.05, 0) is 29.9 Å². The van der Waals surface area contributed by atoms with Crippen LogP contribution in [0, 0.1) is 5.92 Å². The molecule has 1 amide bonds. The maximum absolute atomic E-state index is 11.2. The average Bonchev–Trinajstić information content (AvgIpc) is 2.65. The van der Waals surface area contributed by atoms with Crippen LogP contribution in [0.2, 0.25) is 0 Å². The largest absolute Gasteiger partial charge is 0.273 e. The minimum atomic E-state index is 0.0544. The monoisotopic (exact) mass is 206 g/mol. The van der Waals surface area contributed by atoms with Gasteiger partial charge in [0, 0.05) is 12.3 Å². The molecule has 0 bridgehead atoms. The van der Waals surface area contributed by atoms with Gasteiger partial charge in [0.2, 0.25) is 5.91 Å². The molecule has 3 nitrogen and oxygen atoms in total. The molecule has 0 radical (unpaired) electrons. The molecule has 0 spiro atoms. The van der Waals surface area contributed by atoms with Crippen molar-refractivity contribution in [2.24, 2.45) is 11.0 Å². The minimum absolute atomic E-state index is 0.0544. The Morgan fingerprint density at radius 3 is 3.43 bits per heavy atom. The lowest BCUT2D eigenvalue weighted by atomic mass is 9.84. The van der Waals surface area contributed by atoms with E-state index in [0.717, 1.165) is 18.6 Å². The molecule has 1 aliphatic heterocycles. The van der Waals surface area contributed by atoms with E-state index in [-0.39, 0.29) is 5.91 Å². The third-order valence-electron chi connectivity index (χ3n) is 2.86. The molecule has 4 heteroatoms. The van der Waals surface area contributed by atoms with Gasteiger partial charge in [-0.2, -0.15) is 5.10 Å². The summed E-state index contributed by atoms with van der Waals surface area (Å²) >= 11 is 1.73. The molecule has 1 unspecified atom stereocenters. The van der Waals surface area contributed by atoms with E-state index in [4.69, 9.17) is 0 Å².